The Hall–Kier alpha value is -5.41. The van der Waals surface area contributed by atoms with Gasteiger partial charge in [0.2, 0.25) is 0 Å². The molecule has 0 saturated carbocycles. The summed E-state index contributed by atoms with van der Waals surface area (Å²) < 4.78 is 0. The maximum atomic E-state index is 14.6. The zero-order valence-corrected chi connectivity index (χ0v) is 30.1. The molecule has 0 radical (unpaired) electrons. The van der Waals surface area contributed by atoms with Crippen LogP contribution in [0.4, 0.5) is 16.2 Å². The van der Waals surface area contributed by atoms with Gasteiger partial charge in [0.15, 0.2) is 0 Å². The lowest BCUT2D eigenvalue weighted by molar-refractivity contribution is 0.262. The molecule has 252 valence electrons. The van der Waals surface area contributed by atoms with Gasteiger partial charge in [-0.25, -0.2) is 4.79 Å². The van der Waals surface area contributed by atoms with E-state index in [0.717, 1.165) is 33.6 Å². The van der Waals surface area contributed by atoms with Crippen molar-refractivity contribution in [3.05, 3.63) is 201 Å². The molecule has 4 atom stereocenters. The Kier molecular flexibility index (Phi) is 10.6. The molecular weight excluding hydrogens is 609 g/mol. The molecular formula is C47H48N2O. The largest absolute Gasteiger partial charge is 0.323 e. The monoisotopic (exact) mass is 656 g/mol. The van der Waals surface area contributed by atoms with Gasteiger partial charge in [-0.15, -0.1) is 0 Å². The van der Waals surface area contributed by atoms with Gasteiger partial charge in [-0.2, -0.15) is 0 Å². The fourth-order valence-corrected chi connectivity index (χ4v) is 7.28. The summed E-state index contributed by atoms with van der Waals surface area (Å²) in [5.74, 6) is 0.259. The SMILES string of the molecule is Cc1cc([C@H](C)c2ccccc2)c(NC(=O)Nc2c([C@H](C)c3ccccc3)cc(C)cc2[C@H](C)c2ccccc2)c([C@H](C)c2ccccc2)c1. The Morgan fingerprint density at radius 1 is 0.400 bits per heavy atom. The molecule has 3 nitrogen and oxygen atoms in total. The minimum absolute atomic E-state index is 0.0647. The molecule has 0 aliphatic heterocycles. The highest BCUT2D eigenvalue weighted by atomic mass is 16.2. The summed E-state index contributed by atoms with van der Waals surface area (Å²) in [5.41, 5.74) is 13.3. The van der Waals surface area contributed by atoms with E-state index in [1.807, 2.05) is 24.3 Å². The number of hydrogen-bond acceptors (Lipinski definition) is 1. The number of nitrogens with one attached hydrogen (secondary N) is 2. The van der Waals surface area contributed by atoms with Gasteiger partial charge < -0.3 is 10.6 Å². The predicted molar refractivity (Wildman–Crippen MR) is 211 cm³/mol. The van der Waals surface area contributed by atoms with E-state index in [2.05, 4.69) is 174 Å². The standard InChI is InChI=1S/C47H48N2O/c1-31-27-41(33(3)37-19-11-7-12-20-37)45(42(28-31)34(4)38-21-13-8-14-22-38)48-47(50)49-46-43(35(5)39-23-15-9-16-24-39)29-32(2)30-44(46)36(6)40-25-17-10-18-26-40/h7-30,33-36H,1-6H3,(H2,48,49,50)/t33-,34-,35-,36-/m1/s1. The van der Waals surface area contributed by atoms with E-state index in [0.29, 0.717) is 0 Å². The smallest absolute Gasteiger partial charge is 0.307 e. The van der Waals surface area contributed by atoms with Crippen LogP contribution in [-0.4, -0.2) is 6.03 Å². The molecule has 0 saturated heterocycles. The highest BCUT2D eigenvalue weighted by molar-refractivity contribution is 6.02. The summed E-state index contributed by atoms with van der Waals surface area (Å²) in [7, 11) is 0. The normalized spacial score (nSPS) is 13.6. The number of hydrogen-bond donors (Lipinski definition) is 2. The maximum absolute atomic E-state index is 14.6. The van der Waals surface area contributed by atoms with Crippen molar-refractivity contribution in [2.75, 3.05) is 10.6 Å². The molecule has 0 aromatic heterocycles. The first-order valence-corrected chi connectivity index (χ1v) is 17.8. The van der Waals surface area contributed by atoms with Crippen molar-refractivity contribution < 1.29 is 4.79 Å². The minimum Gasteiger partial charge on any atom is -0.307 e. The van der Waals surface area contributed by atoms with Crippen LogP contribution in [0.5, 0.6) is 0 Å². The predicted octanol–water partition coefficient (Wildman–Crippen LogP) is 12.6. The minimum atomic E-state index is -0.247. The first-order valence-electron chi connectivity index (χ1n) is 17.8. The Balaban J connectivity index is 1.46. The second-order valence-electron chi connectivity index (χ2n) is 13.7. The molecule has 6 aromatic rings. The quantitative estimate of drug-likeness (QED) is 0.151. The zero-order valence-electron chi connectivity index (χ0n) is 30.1. The van der Waals surface area contributed by atoms with E-state index >= 15 is 0 Å². The van der Waals surface area contributed by atoms with E-state index in [1.54, 1.807) is 0 Å². The van der Waals surface area contributed by atoms with Crippen molar-refractivity contribution in [1.82, 2.24) is 0 Å². The summed E-state index contributed by atoms with van der Waals surface area (Å²) in [6, 6.07) is 50.8. The van der Waals surface area contributed by atoms with E-state index in [-0.39, 0.29) is 29.7 Å². The van der Waals surface area contributed by atoms with Crippen molar-refractivity contribution in [1.29, 1.82) is 0 Å². The van der Waals surface area contributed by atoms with Crippen LogP contribution in [-0.2, 0) is 0 Å². The number of urea groups is 1. The number of amides is 2. The number of anilines is 2. The van der Waals surface area contributed by atoms with Crippen LogP contribution < -0.4 is 10.6 Å². The van der Waals surface area contributed by atoms with Crippen LogP contribution in [0.3, 0.4) is 0 Å². The van der Waals surface area contributed by atoms with Crippen molar-refractivity contribution >= 4 is 17.4 Å². The lowest BCUT2D eigenvalue weighted by Crippen LogP contribution is -2.24. The fraction of sp³-hybridized carbons (Fsp3) is 0.213. The third kappa shape index (κ3) is 7.58. The van der Waals surface area contributed by atoms with Crippen LogP contribution in [0.15, 0.2) is 146 Å². The molecule has 6 rings (SSSR count). The third-order valence-corrected chi connectivity index (χ3v) is 10.2. The third-order valence-electron chi connectivity index (χ3n) is 10.2. The average Bonchev–Trinajstić information content (AvgIpc) is 3.16. The van der Waals surface area contributed by atoms with Crippen LogP contribution in [0, 0.1) is 13.8 Å². The van der Waals surface area contributed by atoms with Gasteiger partial charge in [-0.05, 0) is 58.4 Å². The van der Waals surface area contributed by atoms with Gasteiger partial charge in [-0.3, -0.25) is 0 Å². The summed E-state index contributed by atoms with van der Waals surface area (Å²) >= 11 is 0. The summed E-state index contributed by atoms with van der Waals surface area (Å²) in [6.07, 6.45) is 0. The van der Waals surface area contributed by atoms with Gasteiger partial charge >= 0.3 is 6.03 Å². The number of carbonyl (C=O) groups is 1. The number of rotatable bonds is 10. The van der Waals surface area contributed by atoms with Gasteiger partial charge in [0.05, 0.1) is 11.4 Å². The maximum Gasteiger partial charge on any atom is 0.323 e. The van der Waals surface area contributed by atoms with E-state index in [9.17, 15) is 4.79 Å². The van der Waals surface area contributed by atoms with Crippen LogP contribution >= 0.6 is 0 Å². The number of benzene rings is 6. The molecule has 2 N–H and O–H groups in total. The molecule has 0 heterocycles. The van der Waals surface area contributed by atoms with Gasteiger partial charge in [-0.1, -0.05) is 184 Å². The summed E-state index contributed by atoms with van der Waals surface area (Å²) in [6.45, 7) is 13.2. The van der Waals surface area contributed by atoms with Gasteiger partial charge in [0.25, 0.3) is 0 Å². The molecule has 2 amide bonds. The van der Waals surface area contributed by atoms with Crippen molar-refractivity contribution in [3.63, 3.8) is 0 Å². The Morgan fingerprint density at radius 2 is 0.620 bits per heavy atom. The van der Waals surface area contributed by atoms with Crippen LogP contribution in [0.1, 0.15) is 107 Å². The Bertz CT molecular complexity index is 1760. The highest BCUT2D eigenvalue weighted by Gasteiger charge is 2.25. The molecule has 0 fully saturated rings. The highest BCUT2D eigenvalue weighted by Crippen LogP contribution is 2.41. The second-order valence-corrected chi connectivity index (χ2v) is 13.7. The number of carbonyl (C=O) groups excluding carboxylic acids is 1. The first-order chi connectivity index (χ1) is 24.2. The lowest BCUT2D eigenvalue weighted by atomic mass is 9.83. The molecule has 0 aliphatic rings. The van der Waals surface area contributed by atoms with Gasteiger partial charge in [0.1, 0.15) is 0 Å². The van der Waals surface area contributed by atoms with E-state index in [4.69, 9.17) is 0 Å². The van der Waals surface area contributed by atoms with Crippen molar-refractivity contribution in [2.24, 2.45) is 0 Å². The fourth-order valence-electron chi connectivity index (χ4n) is 7.28. The molecule has 0 bridgehead atoms. The molecule has 3 heteroatoms. The molecule has 0 aliphatic carbocycles. The number of aryl methyl sites for hydroxylation is 2. The lowest BCUT2D eigenvalue weighted by Gasteiger charge is -2.27. The van der Waals surface area contributed by atoms with Crippen LogP contribution in [0.2, 0.25) is 0 Å². The molecule has 50 heavy (non-hydrogen) atoms. The molecule has 6 aromatic carbocycles. The van der Waals surface area contributed by atoms with E-state index in [1.165, 1.54) is 33.4 Å². The Labute approximate surface area is 298 Å². The van der Waals surface area contributed by atoms with Crippen molar-refractivity contribution in [3.8, 4) is 0 Å². The van der Waals surface area contributed by atoms with Crippen LogP contribution in [0.25, 0.3) is 0 Å². The Morgan fingerprint density at radius 3 is 0.840 bits per heavy atom. The average molecular weight is 657 g/mol. The van der Waals surface area contributed by atoms with Gasteiger partial charge in [0, 0.05) is 23.7 Å². The topological polar surface area (TPSA) is 41.1 Å². The molecule has 0 unspecified atom stereocenters. The second kappa shape index (κ2) is 15.4. The summed E-state index contributed by atoms with van der Waals surface area (Å²) in [5, 5.41) is 6.87. The summed E-state index contributed by atoms with van der Waals surface area (Å²) in [4.78, 5) is 14.6. The van der Waals surface area contributed by atoms with Crippen molar-refractivity contribution in [2.45, 2.75) is 65.2 Å². The first kappa shape index (κ1) is 34.5. The van der Waals surface area contributed by atoms with E-state index < -0.39 is 0 Å². The zero-order chi connectivity index (χ0) is 35.2. The molecule has 0 spiro atoms.